The minimum absolute atomic E-state index is 0. The van der Waals surface area contributed by atoms with Crippen LogP contribution >= 0.6 is 0 Å². The summed E-state index contributed by atoms with van der Waals surface area (Å²) in [6.45, 7) is 0.705. The Balaban J connectivity index is -0.0000000672. The Morgan fingerprint density at radius 1 is 0.938 bits per heavy atom. The van der Waals surface area contributed by atoms with Gasteiger partial charge in [0.2, 0.25) is 0 Å². The van der Waals surface area contributed by atoms with Crippen molar-refractivity contribution in [1.82, 2.24) is 0 Å². The van der Waals surface area contributed by atoms with Crippen LogP contribution in [-0.2, 0) is 21.7 Å². The largest absolute Gasteiger partial charge is 0.489 e. The summed E-state index contributed by atoms with van der Waals surface area (Å²) in [7, 11) is 0. The molecule has 1 heterocycles. The Hall–Kier alpha value is 0.132. The van der Waals surface area contributed by atoms with Crippen LogP contribution in [0.25, 0.3) is 6.08 Å². The fraction of sp³-hybridized carbons (Fsp3) is 0.111. The van der Waals surface area contributed by atoms with E-state index in [1.54, 1.807) is 0 Å². The molecule has 1 aliphatic heterocycles. The molecule has 0 atom stereocenters. The second kappa shape index (κ2) is 15.1. The van der Waals surface area contributed by atoms with Crippen LogP contribution in [0.3, 0.4) is 0 Å². The minimum Gasteiger partial charge on any atom is -0.489 e. The van der Waals surface area contributed by atoms with Crippen LogP contribution in [0.5, 0.6) is 5.75 Å². The summed E-state index contributed by atoms with van der Waals surface area (Å²) in [5, 5.41) is 0. The Kier molecular flexibility index (Phi) is 28.2. The minimum atomic E-state index is 0. The van der Waals surface area contributed by atoms with Gasteiger partial charge in [0.25, 0.3) is 0 Å². The first kappa shape index (κ1) is 29.8. The third-order valence-electron chi connectivity index (χ3n) is 1.55. The Morgan fingerprint density at radius 2 is 1.50 bits per heavy atom. The molecule has 1 aliphatic rings. The molecule has 0 unspecified atom stereocenters. The van der Waals surface area contributed by atoms with Gasteiger partial charge in [0.05, 0.1) is 0 Å². The van der Waals surface area contributed by atoms with E-state index in [2.05, 4.69) is 6.08 Å². The second-order valence-corrected chi connectivity index (χ2v) is 2.25. The van der Waals surface area contributed by atoms with Gasteiger partial charge in [-0.2, -0.15) is 0 Å². The smallest absolute Gasteiger partial charge is 0.126 e. The molecule has 0 saturated carbocycles. The normalized spacial score (nSPS) is 8.75. The molecule has 16 heavy (non-hydrogen) atoms. The van der Waals surface area contributed by atoms with E-state index in [-0.39, 0.29) is 68.1 Å². The van der Waals surface area contributed by atoms with Gasteiger partial charge >= 0.3 is 0 Å². The molecule has 91 valence electrons. The van der Waals surface area contributed by atoms with Crippen molar-refractivity contribution < 1.29 is 48.4 Å². The predicted molar refractivity (Wildman–Crippen MR) is 61.2 cm³/mol. The molecule has 1 aromatic rings. The van der Waals surface area contributed by atoms with Crippen molar-refractivity contribution in [3.8, 4) is 5.75 Å². The SMILES string of the molecule is C1=Cc2ccccc2OC1.O.O.O.O.[Sb].[Ti]. The predicted octanol–water partition coefficient (Wildman–Crippen LogP) is -1.59. The zero-order valence-corrected chi connectivity index (χ0v) is 12.6. The van der Waals surface area contributed by atoms with E-state index in [9.17, 15) is 0 Å². The van der Waals surface area contributed by atoms with Crippen LogP contribution in [0.2, 0.25) is 0 Å². The third-order valence-corrected chi connectivity index (χ3v) is 1.55. The quantitative estimate of drug-likeness (QED) is 0.498. The van der Waals surface area contributed by atoms with Gasteiger partial charge in [0, 0.05) is 51.7 Å². The maximum absolute atomic E-state index is 5.34. The number of para-hydroxylation sites is 1. The van der Waals surface area contributed by atoms with Gasteiger partial charge in [-0.3, -0.25) is 0 Å². The van der Waals surface area contributed by atoms with E-state index in [0.29, 0.717) is 6.61 Å². The summed E-state index contributed by atoms with van der Waals surface area (Å²) >= 11 is 0. The molecule has 1 aromatic carbocycles. The zero-order chi connectivity index (χ0) is 6.81. The standard InChI is InChI=1S/C9H8O.4H2O.Sb.Ti/c1-2-6-9-8(4-1)5-3-7-10-9;;;;;;/h1-6H,7H2;4*1H2;;. The molecule has 3 radical (unpaired) electrons. The van der Waals surface area contributed by atoms with Gasteiger partial charge in [0.1, 0.15) is 12.4 Å². The van der Waals surface area contributed by atoms with Gasteiger partial charge in [-0.05, 0) is 12.1 Å². The van der Waals surface area contributed by atoms with E-state index in [4.69, 9.17) is 4.74 Å². The first-order chi connectivity index (χ1) is 4.97. The van der Waals surface area contributed by atoms with E-state index in [1.165, 1.54) is 5.56 Å². The molecule has 0 amide bonds. The summed E-state index contributed by atoms with van der Waals surface area (Å²) in [4.78, 5) is 0. The average molecular weight is 374 g/mol. The van der Waals surface area contributed by atoms with E-state index >= 15 is 0 Å². The number of hydrogen-bond donors (Lipinski definition) is 0. The maximum atomic E-state index is 5.34. The first-order valence-corrected chi connectivity index (χ1v) is 3.35. The molecule has 8 N–H and O–H groups in total. The molecule has 7 heteroatoms. The second-order valence-electron chi connectivity index (χ2n) is 2.25. The van der Waals surface area contributed by atoms with E-state index in [0.717, 1.165) is 5.75 Å². The molecule has 0 aliphatic carbocycles. The van der Waals surface area contributed by atoms with Crippen LogP contribution in [0.4, 0.5) is 0 Å². The molecular formula is C9H16O5SbTi. The number of fused-ring (bicyclic) bond motifs is 1. The summed E-state index contributed by atoms with van der Waals surface area (Å²) in [5.41, 5.74) is 1.17. The van der Waals surface area contributed by atoms with Crippen molar-refractivity contribution in [1.29, 1.82) is 0 Å². The van der Waals surface area contributed by atoms with Gasteiger partial charge in [-0.15, -0.1) is 0 Å². The van der Waals surface area contributed by atoms with Crippen molar-refractivity contribution in [2.24, 2.45) is 0 Å². The Morgan fingerprint density at radius 3 is 2.06 bits per heavy atom. The number of benzene rings is 1. The fourth-order valence-electron chi connectivity index (χ4n) is 1.06. The molecular weight excluding hydrogens is 358 g/mol. The van der Waals surface area contributed by atoms with E-state index in [1.807, 2.05) is 30.3 Å². The monoisotopic (exact) mass is 373 g/mol. The first-order valence-electron chi connectivity index (χ1n) is 3.35. The molecule has 0 aromatic heterocycles. The van der Waals surface area contributed by atoms with Gasteiger partial charge in [-0.1, -0.05) is 24.3 Å². The Bertz CT molecular complexity index is 282. The van der Waals surface area contributed by atoms with Crippen molar-refractivity contribution >= 4 is 30.5 Å². The van der Waals surface area contributed by atoms with Crippen molar-refractivity contribution in [3.05, 3.63) is 35.9 Å². The summed E-state index contributed by atoms with van der Waals surface area (Å²) in [6.07, 6.45) is 4.10. The number of hydrogen-bond acceptors (Lipinski definition) is 1. The van der Waals surface area contributed by atoms with Crippen molar-refractivity contribution in [3.63, 3.8) is 0 Å². The van der Waals surface area contributed by atoms with Crippen molar-refractivity contribution in [2.75, 3.05) is 6.61 Å². The number of rotatable bonds is 0. The average Bonchev–Trinajstić information content (AvgIpc) is 2.05. The van der Waals surface area contributed by atoms with Gasteiger partial charge in [0.15, 0.2) is 0 Å². The van der Waals surface area contributed by atoms with Gasteiger partial charge < -0.3 is 26.6 Å². The van der Waals surface area contributed by atoms with Crippen LogP contribution in [0.15, 0.2) is 30.3 Å². The summed E-state index contributed by atoms with van der Waals surface area (Å²) in [6, 6.07) is 8.03. The van der Waals surface area contributed by atoms with Gasteiger partial charge in [-0.25, -0.2) is 0 Å². The summed E-state index contributed by atoms with van der Waals surface area (Å²) in [5.74, 6) is 0.991. The van der Waals surface area contributed by atoms with Crippen LogP contribution < -0.4 is 4.74 Å². The van der Waals surface area contributed by atoms with Crippen LogP contribution in [-0.4, -0.2) is 52.9 Å². The van der Waals surface area contributed by atoms with Crippen molar-refractivity contribution in [2.45, 2.75) is 0 Å². The Labute approximate surface area is 126 Å². The molecule has 0 bridgehead atoms. The molecule has 5 nitrogen and oxygen atoms in total. The fourth-order valence-corrected chi connectivity index (χ4v) is 1.06. The molecule has 0 spiro atoms. The third kappa shape index (κ3) is 7.41. The zero-order valence-electron chi connectivity index (χ0n) is 8.53. The summed E-state index contributed by atoms with van der Waals surface area (Å²) < 4.78 is 5.34. The van der Waals surface area contributed by atoms with Crippen LogP contribution in [0, 0.1) is 0 Å². The molecule has 0 saturated heterocycles. The maximum Gasteiger partial charge on any atom is 0.126 e. The molecule has 0 fully saturated rings. The number of ether oxygens (including phenoxy) is 1. The van der Waals surface area contributed by atoms with Crippen LogP contribution in [0.1, 0.15) is 5.56 Å². The molecule has 2 rings (SSSR count). The topological polar surface area (TPSA) is 135 Å². The van der Waals surface area contributed by atoms with E-state index < -0.39 is 0 Å².